The molecule has 0 amide bonds. The van der Waals surface area contributed by atoms with E-state index in [0.29, 0.717) is 0 Å². The van der Waals surface area contributed by atoms with Crippen LogP contribution >= 0.6 is 0 Å². The Balaban J connectivity index is 2.12. The zero-order valence-corrected chi connectivity index (χ0v) is 10.2. The van der Waals surface area contributed by atoms with E-state index in [1.165, 1.54) is 5.57 Å². The molecule has 0 aromatic heterocycles. The van der Waals surface area contributed by atoms with Gasteiger partial charge in [0.05, 0.1) is 19.1 Å². The Hall–Kier alpha value is -1.70. The van der Waals surface area contributed by atoms with E-state index in [0.717, 1.165) is 37.2 Å². The highest BCUT2D eigenvalue weighted by molar-refractivity contribution is 5.71. The Morgan fingerprint density at radius 1 is 1.29 bits per heavy atom. The molecular weight excluding hydrogens is 212 g/mol. The predicted molar refractivity (Wildman–Crippen MR) is 69.7 cm³/mol. The highest BCUT2D eigenvalue weighted by Crippen LogP contribution is 2.30. The molecule has 0 unspecified atom stereocenters. The topological polar surface area (TPSA) is 18.5 Å². The maximum atomic E-state index is 5.81. The molecule has 0 spiro atoms. The van der Waals surface area contributed by atoms with Gasteiger partial charge in [0.25, 0.3) is 0 Å². The minimum atomic E-state index is 0.775. The fraction of sp³-hybridized carbons (Fsp3) is 0.333. The molecule has 0 fully saturated rings. The average molecular weight is 230 g/mol. The van der Waals surface area contributed by atoms with Gasteiger partial charge in [0, 0.05) is 11.1 Å². The van der Waals surface area contributed by atoms with Crippen molar-refractivity contribution in [3.63, 3.8) is 0 Å². The van der Waals surface area contributed by atoms with Crippen LogP contribution in [-0.4, -0.2) is 6.61 Å². The van der Waals surface area contributed by atoms with Crippen molar-refractivity contribution in [1.82, 2.24) is 0 Å². The molecule has 0 radical (unpaired) electrons. The van der Waals surface area contributed by atoms with Crippen LogP contribution in [0.1, 0.15) is 31.7 Å². The number of unbranched alkanes of at least 4 members (excludes halogenated alkanes) is 1. The smallest absolute Gasteiger partial charge is 0.126 e. The molecular formula is C15H18O2. The lowest BCUT2D eigenvalue weighted by Crippen LogP contribution is -2.00. The van der Waals surface area contributed by atoms with Crippen molar-refractivity contribution >= 4 is 5.57 Å². The summed E-state index contributed by atoms with van der Waals surface area (Å²) in [5.41, 5.74) is 2.30. The first-order valence-corrected chi connectivity index (χ1v) is 6.13. The van der Waals surface area contributed by atoms with Gasteiger partial charge in [-0.25, -0.2) is 0 Å². The third-order valence-electron chi connectivity index (χ3n) is 2.71. The number of hydrogen-bond acceptors (Lipinski definition) is 2. The van der Waals surface area contributed by atoms with E-state index < -0.39 is 0 Å². The van der Waals surface area contributed by atoms with E-state index in [1.54, 1.807) is 12.5 Å². The van der Waals surface area contributed by atoms with Crippen LogP contribution in [0.25, 0.3) is 5.57 Å². The van der Waals surface area contributed by atoms with Crippen molar-refractivity contribution in [3.8, 4) is 5.75 Å². The summed E-state index contributed by atoms with van der Waals surface area (Å²) in [5, 5.41) is 0. The number of rotatable bonds is 5. The lowest BCUT2D eigenvalue weighted by atomic mass is 10.0. The Labute approximate surface area is 103 Å². The maximum absolute atomic E-state index is 5.81. The predicted octanol–water partition coefficient (Wildman–Crippen LogP) is 4.14. The molecule has 0 atom stereocenters. The molecule has 90 valence electrons. The van der Waals surface area contributed by atoms with Gasteiger partial charge in [-0.15, -0.1) is 0 Å². The quantitative estimate of drug-likeness (QED) is 0.708. The molecule has 0 saturated heterocycles. The summed E-state index contributed by atoms with van der Waals surface area (Å²) in [4.78, 5) is 0. The van der Waals surface area contributed by atoms with Crippen molar-refractivity contribution < 1.29 is 9.47 Å². The van der Waals surface area contributed by atoms with E-state index in [1.807, 2.05) is 24.3 Å². The second-order valence-corrected chi connectivity index (χ2v) is 4.05. The van der Waals surface area contributed by atoms with Gasteiger partial charge < -0.3 is 9.47 Å². The van der Waals surface area contributed by atoms with Crippen molar-refractivity contribution in [1.29, 1.82) is 0 Å². The van der Waals surface area contributed by atoms with Crippen LogP contribution in [0.2, 0.25) is 0 Å². The molecule has 0 bridgehead atoms. The third-order valence-corrected chi connectivity index (χ3v) is 2.71. The Morgan fingerprint density at radius 3 is 2.94 bits per heavy atom. The van der Waals surface area contributed by atoms with E-state index in [4.69, 9.17) is 9.47 Å². The summed E-state index contributed by atoms with van der Waals surface area (Å²) in [6.45, 7) is 2.94. The number of para-hydroxylation sites is 1. The molecule has 0 saturated carbocycles. The molecule has 1 aliphatic heterocycles. The molecule has 2 nitrogen and oxygen atoms in total. The lowest BCUT2D eigenvalue weighted by molar-refractivity contribution is 0.308. The SMILES string of the molecule is CCCCOc1ccccc1C1=COC=CC1. The Bertz CT molecular complexity index is 419. The minimum Gasteiger partial charge on any atom is -0.493 e. The van der Waals surface area contributed by atoms with Gasteiger partial charge in [-0.2, -0.15) is 0 Å². The second-order valence-electron chi connectivity index (χ2n) is 4.05. The van der Waals surface area contributed by atoms with Gasteiger partial charge in [0.1, 0.15) is 5.75 Å². The molecule has 0 aliphatic carbocycles. The van der Waals surface area contributed by atoms with Crippen molar-refractivity contribution in [2.45, 2.75) is 26.2 Å². The van der Waals surface area contributed by atoms with E-state index in [9.17, 15) is 0 Å². The second kappa shape index (κ2) is 6.14. The summed E-state index contributed by atoms with van der Waals surface area (Å²) in [6.07, 6.45) is 8.65. The first-order valence-electron chi connectivity index (χ1n) is 6.13. The number of benzene rings is 1. The molecule has 2 rings (SSSR count). The van der Waals surface area contributed by atoms with Crippen LogP contribution in [0, 0.1) is 0 Å². The summed E-state index contributed by atoms with van der Waals surface area (Å²) >= 11 is 0. The first kappa shape index (κ1) is 11.8. The van der Waals surface area contributed by atoms with Gasteiger partial charge in [0.15, 0.2) is 0 Å². The lowest BCUT2D eigenvalue weighted by Gasteiger charge is -2.14. The van der Waals surface area contributed by atoms with Crippen LogP contribution in [0.5, 0.6) is 5.75 Å². The number of hydrogen-bond donors (Lipinski definition) is 0. The first-order chi connectivity index (χ1) is 8.42. The van der Waals surface area contributed by atoms with Crippen molar-refractivity contribution in [2.75, 3.05) is 6.61 Å². The largest absolute Gasteiger partial charge is 0.493 e. The minimum absolute atomic E-state index is 0.775. The van der Waals surface area contributed by atoms with Crippen LogP contribution < -0.4 is 4.74 Å². The van der Waals surface area contributed by atoms with Crippen LogP contribution in [0.15, 0.2) is 42.9 Å². The molecule has 0 N–H and O–H groups in total. The number of allylic oxidation sites excluding steroid dienone is 2. The monoisotopic (exact) mass is 230 g/mol. The molecule has 1 heterocycles. The van der Waals surface area contributed by atoms with E-state index in [2.05, 4.69) is 13.0 Å². The van der Waals surface area contributed by atoms with Crippen LogP contribution in [0.3, 0.4) is 0 Å². The molecule has 1 aliphatic rings. The summed E-state index contributed by atoms with van der Waals surface area (Å²) in [6, 6.07) is 8.13. The summed E-state index contributed by atoms with van der Waals surface area (Å²) in [7, 11) is 0. The van der Waals surface area contributed by atoms with Gasteiger partial charge in [0.2, 0.25) is 0 Å². The normalized spacial score (nSPS) is 14.1. The third kappa shape index (κ3) is 3.13. The highest BCUT2D eigenvalue weighted by atomic mass is 16.5. The van der Waals surface area contributed by atoms with Gasteiger partial charge in [-0.1, -0.05) is 31.5 Å². The zero-order chi connectivity index (χ0) is 11.9. The average Bonchev–Trinajstić information content (AvgIpc) is 2.41. The summed E-state index contributed by atoms with van der Waals surface area (Å²) < 4.78 is 11.0. The molecule has 1 aromatic rings. The molecule has 1 aromatic carbocycles. The fourth-order valence-corrected chi connectivity index (χ4v) is 1.76. The van der Waals surface area contributed by atoms with Gasteiger partial charge in [-0.3, -0.25) is 0 Å². The van der Waals surface area contributed by atoms with E-state index >= 15 is 0 Å². The Morgan fingerprint density at radius 2 is 2.18 bits per heavy atom. The standard InChI is InChI=1S/C15H18O2/c1-2-3-11-17-15-9-5-4-8-14(15)13-7-6-10-16-12-13/h4-6,8-10,12H,2-3,7,11H2,1H3. The zero-order valence-electron chi connectivity index (χ0n) is 10.2. The van der Waals surface area contributed by atoms with Crippen molar-refractivity contribution in [2.24, 2.45) is 0 Å². The maximum Gasteiger partial charge on any atom is 0.126 e. The van der Waals surface area contributed by atoms with E-state index in [-0.39, 0.29) is 0 Å². The van der Waals surface area contributed by atoms with Crippen LogP contribution in [0.4, 0.5) is 0 Å². The van der Waals surface area contributed by atoms with Crippen LogP contribution in [-0.2, 0) is 4.74 Å². The molecule has 2 heteroatoms. The fourth-order valence-electron chi connectivity index (χ4n) is 1.76. The highest BCUT2D eigenvalue weighted by Gasteiger charge is 2.09. The van der Waals surface area contributed by atoms with Crippen molar-refractivity contribution in [3.05, 3.63) is 48.4 Å². The van der Waals surface area contributed by atoms with Gasteiger partial charge >= 0.3 is 0 Å². The summed E-state index contributed by atoms with van der Waals surface area (Å²) in [5.74, 6) is 0.950. The Kier molecular flexibility index (Phi) is 4.25. The molecule has 17 heavy (non-hydrogen) atoms. The van der Waals surface area contributed by atoms with Gasteiger partial charge in [-0.05, 0) is 25.0 Å². The number of ether oxygens (including phenoxy) is 2.